The summed E-state index contributed by atoms with van der Waals surface area (Å²) in [7, 11) is -0.263. The zero-order valence-corrected chi connectivity index (χ0v) is 7.29. The van der Waals surface area contributed by atoms with Crippen molar-refractivity contribution in [2.45, 2.75) is 0 Å². The average Bonchev–Trinajstić information content (AvgIpc) is 2.03. The highest BCUT2D eigenvalue weighted by atomic mass is 28.2. The number of hydrogen-bond donors (Lipinski definition) is 1. The normalized spacial score (nSPS) is 10.0. The lowest BCUT2D eigenvalue weighted by Crippen LogP contribution is -2.01. The second-order valence-electron chi connectivity index (χ2n) is 2.04. The van der Waals surface area contributed by atoms with Crippen LogP contribution in [0.25, 0.3) is 0 Å². The maximum atomic E-state index is 3.67. The molecule has 0 heterocycles. The standard InChI is InChI=1S/C8H11NSi/c1-2-10-9-8-6-4-3-5-7-8/h2-7,9H,1,10H2. The fraction of sp³-hybridized carbons (Fsp3) is 0. The van der Waals surface area contributed by atoms with Crippen LogP contribution >= 0.6 is 0 Å². The molecule has 0 saturated carbocycles. The molecule has 0 atom stereocenters. The predicted molar refractivity (Wildman–Crippen MR) is 48.8 cm³/mol. The van der Waals surface area contributed by atoms with Gasteiger partial charge in [0.25, 0.3) is 0 Å². The first-order valence-corrected chi connectivity index (χ1v) is 4.85. The highest BCUT2D eigenvalue weighted by molar-refractivity contribution is 6.46. The number of para-hydroxylation sites is 1. The molecule has 0 saturated heterocycles. The Bertz CT molecular complexity index is 196. The van der Waals surface area contributed by atoms with E-state index < -0.39 is 0 Å². The maximum absolute atomic E-state index is 3.67. The summed E-state index contributed by atoms with van der Waals surface area (Å²) in [5, 5.41) is 0. The molecule has 1 nitrogen and oxygen atoms in total. The van der Waals surface area contributed by atoms with E-state index >= 15 is 0 Å². The van der Waals surface area contributed by atoms with E-state index in [-0.39, 0.29) is 9.68 Å². The summed E-state index contributed by atoms with van der Waals surface area (Å²) in [6.45, 7) is 3.67. The van der Waals surface area contributed by atoms with Gasteiger partial charge in [0.2, 0.25) is 0 Å². The van der Waals surface area contributed by atoms with Crippen LogP contribution < -0.4 is 4.98 Å². The monoisotopic (exact) mass is 149 g/mol. The molecule has 10 heavy (non-hydrogen) atoms. The Morgan fingerprint density at radius 1 is 1.30 bits per heavy atom. The smallest absolute Gasteiger partial charge is 0.144 e. The molecule has 0 amide bonds. The maximum Gasteiger partial charge on any atom is 0.144 e. The van der Waals surface area contributed by atoms with Gasteiger partial charge < -0.3 is 4.98 Å². The molecular weight excluding hydrogens is 138 g/mol. The number of hydrogen-bond acceptors (Lipinski definition) is 1. The van der Waals surface area contributed by atoms with Crippen molar-refractivity contribution in [3.8, 4) is 0 Å². The lowest BCUT2D eigenvalue weighted by molar-refractivity contribution is 1.67. The van der Waals surface area contributed by atoms with Crippen LogP contribution in [-0.4, -0.2) is 9.68 Å². The molecule has 0 aliphatic carbocycles. The van der Waals surface area contributed by atoms with Gasteiger partial charge in [-0.15, -0.1) is 6.58 Å². The fourth-order valence-corrected chi connectivity index (χ4v) is 1.36. The summed E-state index contributed by atoms with van der Waals surface area (Å²) >= 11 is 0. The SMILES string of the molecule is C=C[SiH2]Nc1ccccc1. The molecule has 1 rings (SSSR count). The minimum absolute atomic E-state index is 0.263. The molecule has 1 aromatic rings. The molecule has 1 aromatic carbocycles. The van der Waals surface area contributed by atoms with Gasteiger partial charge in [-0.1, -0.05) is 23.9 Å². The summed E-state index contributed by atoms with van der Waals surface area (Å²) in [6.07, 6.45) is 0. The van der Waals surface area contributed by atoms with E-state index in [4.69, 9.17) is 0 Å². The first-order valence-electron chi connectivity index (χ1n) is 3.33. The number of benzene rings is 1. The summed E-state index contributed by atoms with van der Waals surface area (Å²) in [6, 6.07) is 10.2. The third kappa shape index (κ3) is 2.07. The molecule has 0 unspecified atom stereocenters. The molecule has 0 spiro atoms. The molecule has 0 aliphatic rings. The zero-order valence-electron chi connectivity index (χ0n) is 5.88. The molecule has 2 heteroatoms. The largest absolute Gasteiger partial charge is 0.412 e. The van der Waals surface area contributed by atoms with Crippen molar-refractivity contribution in [1.82, 2.24) is 0 Å². The quantitative estimate of drug-likeness (QED) is 0.639. The Labute approximate surface area is 63.7 Å². The lowest BCUT2D eigenvalue weighted by Gasteiger charge is -1.99. The van der Waals surface area contributed by atoms with E-state index in [2.05, 4.69) is 23.7 Å². The Morgan fingerprint density at radius 2 is 2.00 bits per heavy atom. The van der Waals surface area contributed by atoms with E-state index in [0.29, 0.717) is 0 Å². The van der Waals surface area contributed by atoms with Crippen LogP contribution in [0.4, 0.5) is 5.69 Å². The van der Waals surface area contributed by atoms with Crippen molar-refractivity contribution < 1.29 is 0 Å². The second-order valence-corrected chi connectivity index (χ2v) is 3.37. The van der Waals surface area contributed by atoms with Crippen molar-refractivity contribution in [2.24, 2.45) is 0 Å². The first kappa shape index (κ1) is 7.09. The molecule has 0 fully saturated rings. The van der Waals surface area contributed by atoms with Gasteiger partial charge in [-0.25, -0.2) is 0 Å². The highest BCUT2D eigenvalue weighted by Crippen LogP contribution is 2.02. The third-order valence-corrected chi connectivity index (χ3v) is 2.13. The zero-order chi connectivity index (χ0) is 7.23. The number of anilines is 1. The minimum Gasteiger partial charge on any atom is -0.412 e. The number of nitrogens with one attached hydrogen (secondary N) is 1. The van der Waals surface area contributed by atoms with E-state index in [1.807, 2.05) is 23.9 Å². The molecular formula is C8H11NSi. The molecule has 0 aliphatic heterocycles. The molecule has 0 aromatic heterocycles. The van der Waals surface area contributed by atoms with Gasteiger partial charge in [0, 0.05) is 5.69 Å². The van der Waals surface area contributed by atoms with Crippen molar-refractivity contribution in [1.29, 1.82) is 0 Å². The van der Waals surface area contributed by atoms with Crippen LogP contribution in [0.1, 0.15) is 0 Å². The summed E-state index contributed by atoms with van der Waals surface area (Å²) in [4.78, 5) is 3.32. The summed E-state index contributed by atoms with van der Waals surface area (Å²) < 4.78 is 0. The van der Waals surface area contributed by atoms with Gasteiger partial charge >= 0.3 is 0 Å². The van der Waals surface area contributed by atoms with Crippen LogP contribution in [0, 0.1) is 0 Å². The Kier molecular flexibility index (Phi) is 2.77. The topological polar surface area (TPSA) is 12.0 Å². The van der Waals surface area contributed by atoms with Crippen molar-refractivity contribution >= 4 is 15.4 Å². The van der Waals surface area contributed by atoms with E-state index in [0.717, 1.165) is 0 Å². The van der Waals surface area contributed by atoms with E-state index in [1.165, 1.54) is 5.69 Å². The molecule has 52 valence electrons. The van der Waals surface area contributed by atoms with Crippen molar-refractivity contribution in [3.05, 3.63) is 42.6 Å². The van der Waals surface area contributed by atoms with Gasteiger partial charge in [0.1, 0.15) is 9.68 Å². The third-order valence-electron chi connectivity index (χ3n) is 1.22. The van der Waals surface area contributed by atoms with Crippen LogP contribution in [0.5, 0.6) is 0 Å². The van der Waals surface area contributed by atoms with Crippen molar-refractivity contribution in [3.63, 3.8) is 0 Å². The van der Waals surface area contributed by atoms with Gasteiger partial charge in [-0.05, 0) is 12.1 Å². The van der Waals surface area contributed by atoms with Gasteiger partial charge in [-0.3, -0.25) is 0 Å². The lowest BCUT2D eigenvalue weighted by atomic mass is 10.3. The summed E-state index contributed by atoms with van der Waals surface area (Å²) in [5.41, 5.74) is 3.18. The minimum atomic E-state index is -0.263. The highest BCUT2D eigenvalue weighted by Gasteiger charge is 1.83. The van der Waals surface area contributed by atoms with Crippen LogP contribution in [0.15, 0.2) is 42.6 Å². The molecule has 0 radical (unpaired) electrons. The number of rotatable bonds is 3. The van der Waals surface area contributed by atoms with Gasteiger partial charge in [0.05, 0.1) is 0 Å². The van der Waals surface area contributed by atoms with Crippen LogP contribution in [0.2, 0.25) is 0 Å². The predicted octanol–water partition coefficient (Wildman–Crippen LogP) is 1.33. The van der Waals surface area contributed by atoms with Gasteiger partial charge in [-0.2, -0.15) is 0 Å². The van der Waals surface area contributed by atoms with Crippen molar-refractivity contribution in [2.75, 3.05) is 4.98 Å². The van der Waals surface area contributed by atoms with Crippen LogP contribution in [0.3, 0.4) is 0 Å². The van der Waals surface area contributed by atoms with Gasteiger partial charge in [0.15, 0.2) is 0 Å². The first-order chi connectivity index (χ1) is 4.93. The molecule has 1 N–H and O–H groups in total. The Balaban J connectivity index is 2.50. The fourth-order valence-electron chi connectivity index (χ4n) is 0.746. The van der Waals surface area contributed by atoms with E-state index in [9.17, 15) is 0 Å². The van der Waals surface area contributed by atoms with E-state index in [1.54, 1.807) is 0 Å². The Hall–Kier alpha value is -1.02. The average molecular weight is 149 g/mol. The summed E-state index contributed by atoms with van der Waals surface area (Å²) in [5.74, 6) is 0. The second kappa shape index (κ2) is 3.90. The van der Waals surface area contributed by atoms with Crippen LogP contribution in [-0.2, 0) is 0 Å². The molecule has 0 bridgehead atoms. The Morgan fingerprint density at radius 3 is 2.60 bits per heavy atom.